The van der Waals surface area contributed by atoms with E-state index in [0.29, 0.717) is 24.2 Å². The van der Waals surface area contributed by atoms with Gasteiger partial charge in [0.1, 0.15) is 0 Å². The second-order valence-corrected chi connectivity index (χ2v) is 6.82. The van der Waals surface area contributed by atoms with Crippen molar-refractivity contribution >= 4 is 34.2 Å². The summed E-state index contributed by atoms with van der Waals surface area (Å²) in [6, 6.07) is 5.73. The van der Waals surface area contributed by atoms with Crippen LogP contribution in [-0.4, -0.2) is 40.3 Å². The molecule has 0 spiro atoms. The first kappa shape index (κ1) is 18.1. The Morgan fingerprint density at radius 2 is 2.19 bits per heavy atom. The fourth-order valence-corrected chi connectivity index (χ4v) is 3.49. The maximum Gasteiger partial charge on any atom is 0.305 e. The van der Waals surface area contributed by atoms with Crippen LogP contribution >= 0.6 is 11.3 Å². The lowest BCUT2D eigenvalue weighted by atomic mass is 10.1. The van der Waals surface area contributed by atoms with Crippen LogP contribution in [0.3, 0.4) is 0 Å². The van der Waals surface area contributed by atoms with Crippen LogP contribution in [0.2, 0.25) is 0 Å². The zero-order valence-corrected chi connectivity index (χ0v) is 15.7. The second kappa shape index (κ2) is 7.65. The van der Waals surface area contributed by atoms with Crippen molar-refractivity contribution in [3.05, 3.63) is 34.8 Å². The summed E-state index contributed by atoms with van der Waals surface area (Å²) in [5.41, 5.74) is 2.72. The van der Waals surface area contributed by atoms with Gasteiger partial charge in [0.05, 0.1) is 34.3 Å². The largest absolute Gasteiger partial charge is 0.469 e. The third-order valence-corrected chi connectivity index (χ3v) is 4.95. The summed E-state index contributed by atoms with van der Waals surface area (Å²) in [5.74, 6) is -0.482. The minimum atomic E-state index is -0.284. The Bertz CT molecular complexity index is 947. The third-order valence-electron chi connectivity index (χ3n) is 4.06. The van der Waals surface area contributed by atoms with Crippen molar-refractivity contribution in [2.75, 3.05) is 13.7 Å². The summed E-state index contributed by atoms with van der Waals surface area (Å²) in [4.78, 5) is 29.6. The third kappa shape index (κ3) is 3.60. The first-order valence-corrected chi connectivity index (χ1v) is 9.12. The van der Waals surface area contributed by atoms with E-state index in [1.165, 1.54) is 7.11 Å². The Morgan fingerprint density at radius 3 is 2.88 bits per heavy atom. The Morgan fingerprint density at radius 1 is 1.38 bits per heavy atom. The van der Waals surface area contributed by atoms with Gasteiger partial charge >= 0.3 is 5.97 Å². The van der Waals surface area contributed by atoms with Gasteiger partial charge < -0.3 is 10.1 Å². The average molecular weight is 372 g/mol. The molecule has 0 saturated heterocycles. The fourth-order valence-electron chi connectivity index (χ4n) is 2.81. The lowest BCUT2D eigenvalue weighted by Gasteiger charge is -2.08. The van der Waals surface area contributed by atoms with E-state index in [1.54, 1.807) is 22.1 Å². The number of aryl methyl sites for hydroxylation is 2. The van der Waals surface area contributed by atoms with Crippen LogP contribution in [0.4, 0.5) is 0 Å². The van der Waals surface area contributed by atoms with Gasteiger partial charge in [-0.3, -0.25) is 14.3 Å². The number of pyridine rings is 1. The normalized spacial score (nSPS) is 10.9. The van der Waals surface area contributed by atoms with Crippen molar-refractivity contribution in [2.24, 2.45) is 7.05 Å². The molecule has 0 bridgehead atoms. The van der Waals surface area contributed by atoms with Crippen molar-refractivity contribution in [2.45, 2.75) is 19.8 Å². The molecule has 1 amide bonds. The van der Waals surface area contributed by atoms with Gasteiger partial charge in [0, 0.05) is 20.0 Å². The quantitative estimate of drug-likeness (QED) is 0.531. The predicted octanol–water partition coefficient (Wildman–Crippen LogP) is 2.69. The number of esters is 1. The van der Waals surface area contributed by atoms with E-state index in [9.17, 15) is 9.59 Å². The monoisotopic (exact) mass is 372 g/mol. The lowest BCUT2D eigenvalue weighted by molar-refractivity contribution is -0.140. The number of hydrogen-bond donors (Lipinski definition) is 1. The highest BCUT2D eigenvalue weighted by atomic mass is 32.1. The van der Waals surface area contributed by atoms with Crippen LogP contribution < -0.4 is 5.32 Å². The van der Waals surface area contributed by atoms with Gasteiger partial charge in [-0.2, -0.15) is 5.10 Å². The number of carbonyl (C=O) groups is 2. The van der Waals surface area contributed by atoms with Crippen molar-refractivity contribution in [1.29, 1.82) is 0 Å². The molecule has 3 aromatic heterocycles. The second-order valence-electron chi connectivity index (χ2n) is 5.88. The number of amides is 1. The molecule has 0 fully saturated rings. The van der Waals surface area contributed by atoms with Gasteiger partial charge in [-0.05, 0) is 30.9 Å². The summed E-state index contributed by atoms with van der Waals surface area (Å²) >= 11 is 1.57. The minimum absolute atomic E-state index is 0.198. The maximum atomic E-state index is 12.8. The average Bonchev–Trinajstić information content (AvgIpc) is 3.26. The highest BCUT2D eigenvalue weighted by Crippen LogP contribution is 2.29. The van der Waals surface area contributed by atoms with Gasteiger partial charge in [0.25, 0.3) is 5.91 Å². The summed E-state index contributed by atoms with van der Waals surface area (Å²) in [5, 5.41) is 10.00. The molecule has 0 aliphatic rings. The van der Waals surface area contributed by atoms with Crippen molar-refractivity contribution < 1.29 is 14.3 Å². The molecule has 26 heavy (non-hydrogen) atoms. The molecule has 0 atom stereocenters. The van der Waals surface area contributed by atoms with Gasteiger partial charge in [-0.1, -0.05) is 6.07 Å². The molecule has 0 aliphatic heterocycles. The highest BCUT2D eigenvalue weighted by molar-refractivity contribution is 7.13. The predicted molar refractivity (Wildman–Crippen MR) is 100 cm³/mol. The van der Waals surface area contributed by atoms with E-state index in [2.05, 4.69) is 20.1 Å². The first-order chi connectivity index (χ1) is 12.5. The van der Waals surface area contributed by atoms with Crippen LogP contribution in [0, 0.1) is 6.92 Å². The zero-order valence-electron chi connectivity index (χ0n) is 14.9. The van der Waals surface area contributed by atoms with Gasteiger partial charge in [0.15, 0.2) is 5.65 Å². The Balaban J connectivity index is 1.90. The smallest absolute Gasteiger partial charge is 0.305 e. The van der Waals surface area contributed by atoms with Crippen molar-refractivity contribution in [1.82, 2.24) is 20.1 Å². The number of hydrogen-bond acceptors (Lipinski definition) is 6. The SMILES string of the molecule is COC(=O)CCCNC(=O)c1cc(-c2cccs2)nc2c1c(C)nn2C. The summed E-state index contributed by atoms with van der Waals surface area (Å²) < 4.78 is 6.30. The standard InChI is InChI=1S/C18H20N4O3S/c1-11-16-12(18(24)19-8-4-7-15(23)25-3)10-13(14-6-5-9-26-14)20-17(16)22(2)21-11/h5-6,9-10H,4,7-8H2,1-3H3,(H,19,24). The van der Waals surface area contributed by atoms with Crippen LogP contribution in [-0.2, 0) is 16.6 Å². The van der Waals surface area contributed by atoms with Crippen LogP contribution in [0.1, 0.15) is 28.9 Å². The molecular formula is C18H20N4O3S. The molecule has 0 unspecified atom stereocenters. The number of rotatable bonds is 6. The summed E-state index contributed by atoms with van der Waals surface area (Å²) in [6.45, 7) is 2.26. The van der Waals surface area contributed by atoms with E-state index in [4.69, 9.17) is 0 Å². The van der Waals surface area contributed by atoms with Crippen LogP contribution in [0.15, 0.2) is 23.6 Å². The molecule has 8 heteroatoms. The topological polar surface area (TPSA) is 86.1 Å². The van der Waals surface area contributed by atoms with Crippen molar-refractivity contribution in [3.63, 3.8) is 0 Å². The van der Waals surface area contributed by atoms with E-state index >= 15 is 0 Å². The molecule has 7 nitrogen and oxygen atoms in total. The Kier molecular flexibility index (Phi) is 5.32. The summed E-state index contributed by atoms with van der Waals surface area (Å²) in [6.07, 6.45) is 0.797. The maximum absolute atomic E-state index is 12.8. The van der Waals surface area contributed by atoms with E-state index in [-0.39, 0.29) is 18.3 Å². The molecule has 0 aliphatic carbocycles. The molecule has 136 valence electrons. The number of fused-ring (bicyclic) bond motifs is 1. The number of thiophene rings is 1. The highest BCUT2D eigenvalue weighted by Gasteiger charge is 2.19. The van der Waals surface area contributed by atoms with Gasteiger partial charge in [0.2, 0.25) is 0 Å². The number of methoxy groups -OCH3 is 1. The first-order valence-electron chi connectivity index (χ1n) is 8.24. The molecule has 3 heterocycles. The van der Waals surface area contributed by atoms with Crippen LogP contribution in [0.25, 0.3) is 21.6 Å². The lowest BCUT2D eigenvalue weighted by Crippen LogP contribution is -2.25. The number of nitrogens with zero attached hydrogens (tertiary/aromatic N) is 3. The number of carbonyl (C=O) groups excluding carboxylic acids is 2. The molecule has 1 N–H and O–H groups in total. The number of nitrogens with one attached hydrogen (secondary N) is 1. The molecule has 0 aromatic carbocycles. The van der Waals surface area contributed by atoms with E-state index in [0.717, 1.165) is 21.7 Å². The number of ether oxygens (including phenoxy) is 1. The molecular weight excluding hydrogens is 352 g/mol. The molecule has 0 saturated carbocycles. The molecule has 0 radical (unpaired) electrons. The fraction of sp³-hybridized carbons (Fsp3) is 0.333. The van der Waals surface area contributed by atoms with Crippen molar-refractivity contribution in [3.8, 4) is 10.6 Å². The zero-order chi connectivity index (χ0) is 18.7. The Labute approximate surface area is 155 Å². The van der Waals surface area contributed by atoms with E-state index < -0.39 is 0 Å². The molecule has 3 rings (SSSR count). The van der Waals surface area contributed by atoms with Crippen LogP contribution in [0.5, 0.6) is 0 Å². The summed E-state index contributed by atoms with van der Waals surface area (Å²) in [7, 11) is 3.17. The minimum Gasteiger partial charge on any atom is -0.469 e. The molecule has 3 aromatic rings. The van der Waals surface area contributed by atoms with Gasteiger partial charge in [-0.25, -0.2) is 4.98 Å². The Hall–Kier alpha value is -2.74. The number of aromatic nitrogens is 3. The van der Waals surface area contributed by atoms with E-state index in [1.807, 2.05) is 31.5 Å². The van der Waals surface area contributed by atoms with Gasteiger partial charge in [-0.15, -0.1) is 11.3 Å².